The summed E-state index contributed by atoms with van der Waals surface area (Å²) in [6.45, 7) is 0.155. The minimum Gasteiger partial charge on any atom is -0.494 e. The summed E-state index contributed by atoms with van der Waals surface area (Å²) in [7, 11) is 1.38. The summed E-state index contributed by atoms with van der Waals surface area (Å²) in [5.74, 6) is 0.694. The summed E-state index contributed by atoms with van der Waals surface area (Å²) < 4.78 is 29.5. The Balaban J connectivity index is 1.98. The lowest BCUT2D eigenvalue weighted by atomic mass is 10.0. The highest BCUT2D eigenvalue weighted by Gasteiger charge is 2.21. The molecular weight excluding hydrogens is 263 g/mol. The second kappa shape index (κ2) is 5.02. The molecule has 0 aliphatic carbocycles. The zero-order chi connectivity index (χ0) is 14.1. The maximum absolute atomic E-state index is 14.1. The predicted molar refractivity (Wildman–Crippen MR) is 69.6 cm³/mol. The van der Waals surface area contributed by atoms with Crippen LogP contribution in [0.1, 0.15) is 17.2 Å². The van der Waals surface area contributed by atoms with E-state index in [1.54, 1.807) is 24.3 Å². The van der Waals surface area contributed by atoms with Crippen molar-refractivity contribution in [2.75, 3.05) is 13.9 Å². The molecule has 1 unspecified atom stereocenters. The van der Waals surface area contributed by atoms with E-state index in [0.29, 0.717) is 17.1 Å². The van der Waals surface area contributed by atoms with Gasteiger partial charge in [0.15, 0.2) is 23.1 Å². The fraction of sp³-hybridized carbons (Fsp3) is 0.200. The first-order chi connectivity index (χ1) is 9.70. The number of halogens is 1. The molecule has 0 amide bonds. The fourth-order valence-corrected chi connectivity index (χ4v) is 2.16. The molecule has 2 aromatic rings. The number of fused-ring (bicyclic) bond motifs is 1. The molecular formula is C15H13FO4. The Hall–Kier alpha value is -2.27. The van der Waals surface area contributed by atoms with E-state index in [4.69, 9.17) is 14.2 Å². The van der Waals surface area contributed by atoms with E-state index >= 15 is 0 Å². The van der Waals surface area contributed by atoms with Crippen LogP contribution in [0.25, 0.3) is 0 Å². The molecule has 0 spiro atoms. The number of ether oxygens (including phenoxy) is 3. The van der Waals surface area contributed by atoms with Crippen molar-refractivity contribution in [2.24, 2.45) is 0 Å². The van der Waals surface area contributed by atoms with E-state index < -0.39 is 11.9 Å². The zero-order valence-corrected chi connectivity index (χ0v) is 10.8. The van der Waals surface area contributed by atoms with Gasteiger partial charge < -0.3 is 19.3 Å². The van der Waals surface area contributed by atoms with E-state index in [1.165, 1.54) is 19.2 Å². The highest BCUT2D eigenvalue weighted by molar-refractivity contribution is 5.47. The Kier molecular flexibility index (Phi) is 3.20. The lowest BCUT2D eigenvalue weighted by Gasteiger charge is -2.14. The molecule has 1 aliphatic heterocycles. The van der Waals surface area contributed by atoms with Gasteiger partial charge in [0, 0.05) is 5.56 Å². The van der Waals surface area contributed by atoms with Gasteiger partial charge in [0.05, 0.1) is 7.11 Å². The Morgan fingerprint density at radius 1 is 1.20 bits per heavy atom. The number of methoxy groups -OCH3 is 1. The number of benzene rings is 2. The highest BCUT2D eigenvalue weighted by Crippen LogP contribution is 2.36. The minimum atomic E-state index is -1.10. The van der Waals surface area contributed by atoms with Crippen LogP contribution in [-0.2, 0) is 0 Å². The smallest absolute Gasteiger partial charge is 0.231 e. The molecule has 1 atom stereocenters. The van der Waals surface area contributed by atoms with Crippen LogP contribution in [0, 0.1) is 5.82 Å². The third-order valence-electron chi connectivity index (χ3n) is 3.22. The molecule has 0 radical (unpaired) electrons. The minimum absolute atomic E-state index is 0.0993. The molecule has 0 saturated carbocycles. The van der Waals surface area contributed by atoms with Crippen LogP contribution in [-0.4, -0.2) is 19.0 Å². The molecule has 2 aromatic carbocycles. The zero-order valence-electron chi connectivity index (χ0n) is 10.8. The number of aliphatic hydroxyl groups is 1. The molecule has 104 valence electrons. The van der Waals surface area contributed by atoms with Crippen LogP contribution in [0.2, 0.25) is 0 Å². The van der Waals surface area contributed by atoms with E-state index in [9.17, 15) is 9.50 Å². The molecule has 1 N–H and O–H groups in total. The normalized spacial score (nSPS) is 14.2. The standard InChI is InChI=1S/C15H13FO4/c1-18-12-4-2-3-10(14(12)16)15(17)9-5-6-11-13(7-9)20-8-19-11/h2-7,15,17H,8H2,1H3. The van der Waals surface area contributed by atoms with Crippen molar-refractivity contribution < 1.29 is 23.7 Å². The highest BCUT2D eigenvalue weighted by atomic mass is 19.1. The molecule has 1 aliphatic rings. The summed E-state index contributed by atoms with van der Waals surface area (Å²) in [6, 6.07) is 9.67. The van der Waals surface area contributed by atoms with Crippen molar-refractivity contribution in [3.8, 4) is 17.2 Å². The van der Waals surface area contributed by atoms with Gasteiger partial charge in [-0.05, 0) is 23.8 Å². The first kappa shape index (κ1) is 12.7. The van der Waals surface area contributed by atoms with Crippen LogP contribution in [0.15, 0.2) is 36.4 Å². The van der Waals surface area contributed by atoms with E-state index in [-0.39, 0.29) is 18.1 Å². The third kappa shape index (κ3) is 2.06. The van der Waals surface area contributed by atoms with Crippen molar-refractivity contribution in [3.63, 3.8) is 0 Å². The van der Waals surface area contributed by atoms with E-state index in [0.717, 1.165) is 0 Å². The summed E-state index contributed by atoms with van der Waals surface area (Å²) in [4.78, 5) is 0. The van der Waals surface area contributed by atoms with Gasteiger partial charge in [0.1, 0.15) is 6.10 Å². The van der Waals surface area contributed by atoms with Gasteiger partial charge >= 0.3 is 0 Å². The van der Waals surface area contributed by atoms with Gasteiger partial charge in [0.2, 0.25) is 6.79 Å². The molecule has 20 heavy (non-hydrogen) atoms. The third-order valence-corrected chi connectivity index (χ3v) is 3.22. The van der Waals surface area contributed by atoms with Gasteiger partial charge in [-0.1, -0.05) is 18.2 Å². The van der Waals surface area contributed by atoms with Crippen LogP contribution >= 0.6 is 0 Å². The molecule has 1 heterocycles. The monoisotopic (exact) mass is 276 g/mol. The number of rotatable bonds is 3. The quantitative estimate of drug-likeness (QED) is 0.936. The number of hydrogen-bond donors (Lipinski definition) is 1. The van der Waals surface area contributed by atoms with Crippen molar-refractivity contribution in [1.82, 2.24) is 0 Å². The molecule has 5 heteroatoms. The average molecular weight is 276 g/mol. The lowest BCUT2D eigenvalue weighted by molar-refractivity contribution is 0.173. The van der Waals surface area contributed by atoms with E-state index in [1.807, 2.05) is 0 Å². The molecule has 4 nitrogen and oxygen atoms in total. The van der Waals surface area contributed by atoms with Gasteiger partial charge in [-0.25, -0.2) is 4.39 Å². The molecule has 0 aromatic heterocycles. The Morgan fingerprint density at radius 2 is 2.00 bits per heavy atom. The van der Waals surface area contributed by atoms with Gasteiger partial charge in [-0.3, -0.25) is 0 Å². The lowest BCUT2D eigenvalue weighted by Crippen LogP contribution is -2.04. The number of aliphatic hydroxyl groups excluding tert-OH is 1. The first-order valence-electron chi connectivity index (χ1n) is 6.10. The SMILES string of the molecule is COc1cccc(C(O)c2ccc3c(c2)OCO3)c1F. The summed E-state index contributed by atoms with van der Waals surface area (Å²) >= 11 is 0. The molecule has 0 bridgehead atoms. The molecule has 0 fully saturated rings. The van der Waals surface area contributed by atoms with Crippen molar-refractivity contribution in [3.05, 3.63) is 53.3 Å². The van der Waals surface area contributed by atoms with Crippen molar-refractivity contribution >= 4 is 0 Å². The van der Waals surface area contributed by atoms with Crippen molar-refractivity contribution in [1.29, 1.82) is 0 Å². The summed E-state index contributed by atoms with van der Waals surface area (Å²) in [5.41, 5.74) is 0.685. The van der Waals surface area contributed by atoms with Crippen LogP contribution in [0.3, 0.4) is 0 Å². The second-order valence-electron chi connectivity index (χ2n) is 4.38. The van der Waals surface area contributed by atoms with Crippen molar-refractivity contribution in [2.45, 2.75) is 6.10 Å². The van der Waals surface area contributed by atoms with Crippen LogP contribution in [0.4, 0.5) is 4.39 Å². The van der Waals surface area contributed by atoms with E-state index in [2.05, 4.69) is 0 Å². The number of hydrogen-bond acceptors (Lipinski definition) is 4. The summed E-state index contributed by atoms with van der Waals surface area (Å²) in [5, 5.41) is 10.3. The molecule has 0 saturated heterocycles. The fourth-order valence-electron chi connectivity index (χ4n) is 2.16. The van der Waals surface area contributed by atoms with Crippen LogP contribution in [0.5, 0.6) is 17.2 Å². The maximum Gasteiger partial charge on any atom is 0.231 e. The first-order valence-corrected chi connectivity index (χ1v) is 6.10. The Morgan fingerprint density at radius 3 is 2.80 bits per heavy atom. The summed E-state index contributed by atoms with van der Waals surface area (Å²) in [6.07, 6.45) is -1.10. The maximum atomic E-state index is 14.1. The Labute approximate surface area is 115 Å². The van der Waals surface area contributed by atoms with Gasteiger partial charge in [-0.15, -0.1) is 0 Å². The topological polar surface area (TPSA) is 47.9 Å². The largest absolute Gasteiger partial charge is 0.494 e. The van der Waals surface area contributed by atoms with Gasteiger partial charge in [0.25, 0.3) is 0 Å². The Bertz CT molecular complexity index is 642. The predicted octanol–water partition coefficient (Wildman–Crippen LogP) is 2.64. The second-order valence-corrected chi connectivity index (χ2v) is 4.38. The average Bonchev–Trinajstić information content (AvgIpc) is 2.94. The van der Waals surface area contributed by atoms with Crippen LogP contribution < -0.4 is 14.2 Å². The molecule has 3 rings (SSSR count). The van der Waals surface area contributed by atoms with Gasteiger partial charge in [-0.2, -0.15) is 0 Å².